The van der Waals surface area contributed by atoms with Crippen LogP contribution >= 0.6 is 0 Å². The minimum atomic E-state index is -0.630. The van der Waals surface area contributed by atoms with Crippen LogP contribution < -0.4 is 11.1 Å². The van der Waals surface area contributed by atoms with Gasteiger partial charge in [0.1, 0.15) is 5.82 Å². The third-order valence-corrected chi connectivity index (χ3v) is 2.55. The van der Waals surface area contributed by atoms with Crippen molar-refractivity contribution in [2.45, 2.75) is 27.7 Å². The first-order chi connectivity index (χ1) is 11.1. The molecule has 124 valence electrons. The normalized spacial score (nSPS) is 8.74. The molecule has 0 aliphatic carbocycles. The second kappa shape index (κ2) is 11.0. The van der Waals surface area contributed by atoms with Crippen LogP contribution in [-0.4, -0.2) is 11.8 Å². The molecule has 2 amide bonds. The molecule has 0 fully saturated rings. The summed E-state index contributed by atoms with van der Waals surface area (Å²) in [6.07, 6.45) is 0. The molecule has 0 saturated heterocycles. The third-order valence-electron chi connectivity index (χ3n) is 2.55. The summed E-state index contributed by atoms with van der Waals surface area (Å²) in [6.45, 7) is 8.00. The second-order valence-corrected chi connectivity index (χ2v) is 3.87. The van der Waals surface area contributed by atoms with Gasteiger partial charge in [0, 0.05) is 5.56 Å². The molecule has 4 nitrogen and oxygen atoms in total. The van der Waals surface area contributed by atoms with Crippen molar-refractivity contribution in [3.8, 4) is 0 Å². The lowest BCUT2D eigenvalue weighted by Crippen LogP contribution is -2.18. The molecule has 2 aromatic carbocycles. The molecule has 0 saturated carbocycles. The zero-order valence-corrected chi connectivity index (χ0v) is 13.9. The van der Waals surface area contributed by atoms with E-state index in [-0.39, 0.29) is 5.56 Å². The Morgan fingerprint density at radius 1 is 0.913 bits per heavy atom. The fourth-order valence-corrected chi connectivity index (χ4v) is 1.60. The number of para-hydroxylation sites is 1. The van der Waals surface area contributed by atoms with Gasteiger partial charge < -0.3 is 11.1 Å². The number of carbonyl (C=O) groups excluding carboxylic acids is 2. The highest BCUT2D eigenvalue weighted by Crippen LogP contribution is 2.15. The standard InChI is InChI=1S/C14H11FN2O2.2C2H6/c15-10-7-5-9(6-8-10)14(19)17-12-4-2-1-3-11(12)13(16)18;2*1-2/h1-8H,(H2,16,18)(H,17,19);2*1-2H3. The van der Waals surface area contributed by atoms with Crippen LogP contribution in [0.15, 0.2) is 48.5 Å². The molecule has 0 aliphatic rings. The summed E-state index contributed by atoms with van der Waals surface area (Å²) < 4.78 is 12.8. The summed E-state index contributed by atoms with van der Waals surface area (Å²) in [7, 11) is 0. The topological polar surface area (TPSA) is 72.2 Å². The molecule has 0 heterocycles. The Bertz CT molecular complexity index is 625. The maximum absolute atomic E-state index is 12.8. The number of primary amides is 1. The highest BCUT2D eigenvalue weighted by Gasteiger charge is 2.11. The van der Waals surface area contributed by atoms with Crippen molar-refractivity contribution in [1.29, 1.82) is 0 Å². The fourth-order valence-electron chi connectivity index (χ4n) is 1.60. The third kappa shape index (κ3) is 6.30. The van der Waals surface area contributed by atoms with Crippen LogP contribution in [0.5, 0.6) is 0 Å². The first-order valence-corrected chi connectivity index (χ1v) is 7.53. The van der Waals surface area contributed by atoms with E-state index >= 15 is 0 Å². The Kier molecular flexibility index (Phi) is 9.67. The number of nitrogens with two attached hydrogens (primary N) is 1. The smallest absolute Gasteiger partial charge is 0.255 e. The molecule has 0 unspecified atom stereocenters. The van der Waals surface area contributed by atoms with Gasteiger partial charge in [-0.05, 0) is 36.4 Å². The van der Waals surface area contributed by atoms with Crippen molar-refractivity contribution in [1.82, 2.24) is 0 Å². The van der Waals surface area contributed by atoms with Gasteiger partial charge in [-0.2, -0.15) is 0 Å². The van der Waals surface area contributed by atoms with Crippen LogP contribution in [0, 0.1) is 5.82 Å². The summed E-state index contributed by atoms with van der Waals surface area (Å²) in [6, 6.07) is 11.5. The molecule has 0 bridgehead atoms. The van der Waals surface area contributed by atoms with Crippen LogP contribution in [0.1, 0.15) is 48.4 Å². The Balaban J connectivity index is 0.00000112. The molecule has 3 N–H and O–H groups in total. The van der Waals surface area contributed by atoms with E-state index < -0.39 is 17.6 Å². The van der Waals surface area contributed by atoms with Crippen molar-refractivity contribution in [3.63, 3.8) is 0 Å². The molecular weight excluding hydrogens is 295 g/mol. The Hall–Kier alpha value is -2.69. The van der Waals surface area contributed by atoms with Gasteiger partial charge in [0.15, 0.2) is 0 Å². The van der Waals surface area contributed by atoms with E-state index in [1.165, 1.54) is 30.3 Å². The summed E-state index contributed by atoms with van der Waals surface area (Å²) >= 11 is 0. The predicted octanol–water partition coefficient (Wildman–Crippen LogP) is 4.23. The number of hydrogen-bond donors (Lipinski definition) is 2. The molecule has 0 radical (unpaired) electrons. The van der Waals surface area contributed by atoms with Gasteiger partial charge in [0.05, 0.1) is 11.3 Å². The lowest BCUT2D eigenvalue weighted by Gasteiger charge is -2.08. The molecule has 0 aromatic heterocycles. The number of carbonyl (C=O) groups is 2. The van der Waals surface area contributed by atoms with Gasteiger partial charge in [-0.1, -0.05) is 39.8 Å². The molecule has 0 aliphatic heterocycles. The van der Waals surface area contributed by atoms with E-state index in [9.17, 15) is 14.0 Å². The molecule has 23 heavy (non-hydrogen) atoms. The van der Waals surface area contributed by atoms with Crippen molar-refractivity contribution < 1.29 is 14.0 Å². The predicted molar refractivity (Wildman–Crippen MR) is 92.0 cm³/mol. The lowest BCUT2D eigenvalue weighted by molar-refractivity contribution is 0.100. The van der Waals surface area contributed by atoms with Crippen LogP contribution in [0.25, 0.3) is 0 Å². The summed E-state index contributed by atoms with van der Waals surface area (Å²) in [4.78, 5) is 23.1. The molecule has 0 atom stereocenters. The SMILES string of the molecule is CC.CC.NC(=O)c1ccccc1NC(=O)c1ccc(F)cc1. The van der Waals surface area contributed by atoms with E-state index in [0.29, 0.717) is 11.3 Å². The molecule has 0 spiro atoms. The number of benzene rings is 2. The zero-order chi connectivity index (χ0) is 17.8. The number of nitrogens with one attached hydrogen (secondary N) is 1. The van der Waals surface area contributed by atoms with Crippen molar-refractivity contribution in [2.24, 2.45) is 5.73 Å². The molecular formula is C18H23FN2O2. The Morgan fingerprint density at radius 3 is 1.96 bits per heavy atom. The average Bonchev–Trinajstić information content (AvgIpc) is 2.59. The fraction of sp³-hybridized carbons (Fsp3) is 0.222. The number of amides is 2. The minimum Gasteiger partial charge on any atom is -0.366 e. The van der Waals surface area contributed by atoms with E-state index in [2.05, 4.69) is 5.32 Å². The summed E-state index contributed by atoms with van der Waals surface area (Å²) in [5.74, 6) is -1.49. The lowest BCUT2D eigenvalue weighted by atomic mass is 10.1. The summed E-state index contributed by atoms with van der Waals surface area (Å²) in [5.41, 5.74) is 6.05. The van der Waals surface area contributed by atoms with Crippen LogP contribution in [-0.2, 0) is 0 Å². The maximum atomic E-state index is 12.8. The zero-order valence-electron chi connectivity index (χ0n) is 13.9. The quantitative estimate of drug-likeness (QED) is 0.889. The average molecular weight is 318 g/mol. The number of rotatable bonds is 3. The Morgan fingerprint density at radius 2 is 1.43 bits per heavy atom. The minimum absolute atomic E-state index is 0.220. The highest BCUT2D eigenvalue weighted by molar-refractivity contribution is 6.08. The van der Waals surface area contributed by atoms with Gasteiger partial charge in [-0.3, -0.25) is 9.59 Å². The molecule has 5 heteroatoms. The van der Waals surface area contributed by atoms with Crippen molar-refractivity contribution >= 4 is 17.5 Å². The number of anilines is 1. The van der Waals surface area contributed by atoms with Gasteiger partial charge >= 0.3 is 0 Å². The van der Waals surface area contributed by atoms with Crippen LogP contribution in [0.4, 0.5) is 10.1 Å². The Labute approximate surface area is 136 Å². The van der Waals surface area contributed by atoms with Crippen molar-refractivity contribution in [2.75, 3.05) is 5.32 Å². The van der Waals surface area contributed by atoms with Gasteiger partial charge in [0.25, 0.3) is 11.8 Å². The molecule has 2 aromatic rings. The first-order valence-electron chi connectivity index (χ1n) is 7.53. The molecule has 2 rings (SSSR count). The van der Waals surface area contributed by atoms with E-state index in [0.717, 1.165) is 0 Å². The van der Waals surface area contributed by atoms with Crippen LogP contribution in [0.3, 0.4) is 0 Å². The largest absolute Gasteiger partial charge is 0.366 e. The van der Waals surface area contributed by atoms with E-state index in [1.807, 2.05) is 27.7 Å². The van der Waals surface area contributed by atoms with E-state index in [4.69, 9.17) is 5.73 Å². The first kappa shape index (κ1) is 20.3. The van der Waals surface area contributed by atoms with Crippen LogP contribution in [0.2, 0.25) is 0 Å². The number of hydrogen-bond acceptors (Lipinski definition) is 2. The summed E-state index contributed by atoms with van der Waals surface area (Å²) in [5, 5.41) is 2.57. The van der Waals surface area contributed by atoms with E-state index in [1.54, 1.807) is 18.2 Å². The van der Waals surface area contributed by atoms with Gasteiger partial charge in [0.2, 0.25) is 0 Å². The number of halogens is 1. The second-order valence-electron chi connectivity index (χ2n) is 3.87. The van der Waals surface area contributed by atoms with Gasteiger partial charge in [-0.15, -0.1) is 0 Å². The van der Waals surface area contributed by atoms with Gasteiger partial charge in [-0.25, -0.2) is 4.39 Å². The van der Waals surface area contributed by atoms with Crippen molar-refractivity contribution in [3.05, 3.63) is 65.5 Å². The highest BCUT2D eigenvalue weighted by atomic mass is 19.1. The maximum Gasteiger partial charge on any atom is 0.255 e. The monoisotopic (exact) mass is 318 g/mol.